The summed E-state index contributed by atoms with van der Waals surface area (Å²) in [6.45, 7) is 4.85. The lowest BCUT2D eigenvalue weighted by Crippen LogP contribution is -2.54. The van der Waals surface area contributed by atoms with Gasteiger partial charge in [0.1, 0.15) is 12.1 Å². The molecule has 39 nitrogen and oxygen atoms in total. The van der Waals surface area contributed by atoms with Gasteiger partial charge in [0.05, 0.1) is 122 Å². The first-order chi connectivity index (χ1) is 68.0. The number of piperidine rings is 3. The molecule has 4 aliphatic carbocycles. The van der Waals surface area contributed by atoms with Crippen LogP contribution < -0.4 is 27.0 Å². The summed E-state index contributed by atoms with van der Waals surface area (Å²) in [7, 11) is 7.61. The number of ether oxygens (including phenoxy) is 7. The number of cyclic esters (lactones) is 2. The van der Waals surface area contributed by atoms with E-state index in [1.165, 1.54) is 65.9 Å². The number of hydrogen-bond acceptors (Lipinski definition) is 32. The normalized spacial score (nSPS) is 17.0. The first-order valence-corrected chi connectivity index (χ1v) is 46.1. The maximum Gasteiger partial charge on any atom is 0.346 e. The largest absolute Gasteiger partial charge is 0.478 e. The number of halogens is 3. The van der Waals surface area contributed by atoms with Gasteiger partial charge in [-0.25, -0.2) is 43.2 Å². The van der Waals surface area contributed by atoms with Crippen LogP contribution in [0.4, 0.5) is 0 Å². The summed E-state index contributed by atoms with van der Waals surface area (Å²) < 4.78 is 32.7. The smallest absolute Gasteiger partial charge is 0.346 e. The summed E-state index contributed by atoms with van der Waals surface area (Å²) >= 11 is 3.16. The number of methoxy groups -OCH3 is 6. The Morgan fingerprint density at radius 3 is 1.10 bits per heavy atom. The Labute approximate surface area is 844 Å². The zero-order valence-corrected chi connectivity index (χ0v) is 82.4. The van der Waals surface area contributed by atoms with E-state index in [-0.39, 0.29) is 108 Å². The Morgan fingerprint density at radius 1 is 0.424 bits per heavy atom. The molecule has 9 heterocycles. The van der Waals surface area contributed by atoms with Crippen LogP contribution in [0.15, 0.2) is 126 Å². The molecule has 3 unspecified atom stereocenters. The second-order valence-electron chi connectivity index (χ2n) is 33.8. The molecule has 19 rings (SSSR count). The molecule has 0 bridgehead atoms. The number of aldehydes is 1. The number of carbonyl (C=O) groups is 21. The SMILES string of the molecule is C=C(CC(=O)OC)C(=O)OC.COC(=O)c1cc2c(cc1C(=O)OC)CCCC2.COC(=O)c1cc2ccncc2cc1C(=O)OC.Cl.Cl.NC1CCC(=O)NC1=O.O=C(O)c1cc2c(cc1C(=O)O)CCCC2.O=C1CCC(N2C(=O)c3cc4c(cc3C2=O)CCCC4)C(=O)N1.O=C1CCC(N2C(=O)c3cc4c(cc3C2=O)CNCC4)C(=O)N1.O=C1OC(=O)c2cc3c(cc21)CCCC3.O=Cc1ccncc1Br. The third-order valence-electron chi connectivity index (χ3n) is 24.8. The molecule has 10 amide bonds. The van der Waals surface area contributed by atoms with Gasteiger partial charge in [-0.05, 0) is 297 Å². The number of aromatic carboxylic acids is 2. The number of carboxylic acid groups (broad SMARTS) is 2. The number of nitrogens with two attached hydrogens (primary N) is 1. The van der Waals surface area contributed by atoms with Crippen LogP contribution in [-0.2, 0) is 136 Å². The summed E-state index contributed by atoms with van der Waals surface area (Å²) in [5.41, 5.74) is 20.1. The van der Waals surface area contributed by atoms with Gasteiger partial charge in [-0.1, -0.05) is 6.58 Å². The lowest BCUT2D eigenvalue weighted by Gasteiger charge is -2.27. The molecule has 3 saturated heterocycles. The third-order valence-corrected chi connectivity index (χ3v) is 25.4. The lowest BCUT2D eigenvalue weighted by molar-refractivity contribution is -0.143. The number of amides is 10. The molecule has 42 heteroatoms. The number of benzene rings is 6. The fourth-order valence-corrected chi connectivity index (χ4v) is 17.6. The van der Waals surface area contributed by atoms with Crippen molar-refractivity contribution < 1.29 is 144 Å². The molecule has 11 aliphatic rings. The summed E-state index contributed by atoms with van der Waals surface area (Å²) in [6.07, 6.45) is 25.6. The van der Waals surface area contributed by atoms with Gasteiger partial charge in [0.25, 0.3) is 23.6 Å². The van der Waals surface area contributed by atoms with Crippen molar-refractivity contribution in [2.45, 2.75) is 179 Å². The highest BCUT2D eigenvalue weighted by Gasteiger charge is 2.47. The van der Waals surface area contributed by atoms with Gasteiger partial charge in [0.15, 0.2) is 6.29 Å². The second kappa shape index (κ2) is 52.0. The van der Waals surface area contributed by atoms with Crippen molar-refractivity contribution in [2.24, 2.45) is 5.73 Å². The monoisotopic (exact) mass is 2080 g/mol. The van der Waals surface area contributed by atoms with Crippen molar-refractivity contribution in [3.8, 4) is 0 Å². The molecule has 0 spiro atoms. The third kappa shape index (κ3) is 27.4. The van der Waals surface area contributed by atoms with Gasteiger partial charge in [-0.2, -0.15) is 0 Å². The number of nitrogens with zero attached hydrogens (tertiary/aromatic N) is 4. The van der Waals surface area contributed by atoms with Crippen LogP contribution in [0.25, 0.3) is 10.8 Å². The number of esters is 8. The molecular formula is C102H104BrCl2N9O30. The topological polar surface area (TPSA) is 570 Å². The molecule has 144 heavy (non-hydrogen) atoms. The minimum Gasteiger partial charge on any atom is -0.478 e. The number of aromatic nitrogens is 2. The number of pyridine rings is 2. The number of nitrogens with one attached hydrogen (secondary N) is 4. The summed E-state index contributed by atoms with van der Waals surface area (Å²) in [4.78, 5) is 251. The highest BCUT2D eigenvalue weighted by atomic mass is 79.9. The quantitative estimate of drug-likeness (QED) is 0.0149. The number of aryl methyl sites for hydroxylation is 8. The summed E-state index contributed by atoms with van der Waals surface area (Å²) in [5, 5.41) is 29.2. The number of hydrogen-bond donors (Lipinski definition) is 7. The van der Waals surface area contributed by atoms with E-state index in [0.29, 0.717) is 69.5 Å². The number of carbonyl (C=O) groups excluding carboxylic acids is 19. The number of rotatable bonds is 12. The molecule has 8 N–H and O–H groups in total. The molecule has 7 aliphatic heterocycles. The zero-order valence-electron chi connectivity index (χ0n) is 79.2. The lowest BCUT2D eigenvalue weighted by atomic mass is 9.88. The van der Waals surface area contributed by atoms with Crippen molar-refractivity contribution in [3.63, 3.8) is 0 Å². The first kappa shape index (κ1) is 112. The van der Waals surface area contributed by atoms with Crippen LogP contribution in [0.2, 0.25) is 0 Å². The van der Waals surface area contributed by atoms with Crippen molar-refractivity contribution >= 4 is 177 Å². The maximum absolute atomic E-state index is 12.7. The highest BCUT2D eigenvalue weighted by molar-refractivity contribution is 9.10. The number of imide groups is 5. The minimum absolute atomic E-state index is 0. The Kier molecular flexibility index (Phi) is 40.6. The predicted molar refractivity (Wildman–Crippen MR) is 518 cm³/mol. The molecule has 3 fully saturated rings. The summed E-state index contributed by atoms with van der Waals surface area (Å²) in [5.74, 6) is -10.8. The van der Waals surface area contributed by atoms with E-state index < -0.39 is 113 Å². The minimum atomic E-state index is -1.18. The van der Waals surface area contributed by atoms with E-state index in [0.717, 1.165) is 192 Å². The van der Waals surface area contributed by atoms with Gasteiger partial charge < -0.3 is 54.4 Å². The molecule has 8 aromatic rings. The van der Waals surface area contributed by atoms with Crippen molar-refractivity contribution in [1.82, 2.24) is 41.0 Å². The van der Waals surface area contributed by atoms with E-state index in [4.69, 9.17) is 25.4 Å². The molecule has 0 radical (unpaired) electrons. The summed E-state index contributed by atoms with van der Waals surface area (Å²) in [6, 6.07) is 21.7. The molecule has 6 aromatic carbocycles. The van der Waals surface area contributed by atoms with Crippen molar-refractivity contribution in [1.29, 1.82) is 0 Å². The van der Waals surface area contributed by atoms with Crippen LogP contribution in [0.1, 0.15) is 287 Å². The van der Waals surface area contributed by atoms with Gasteiger partial charge in [0.2, 0.25) is 35.4 Å². The molecule has 758 valence electrons. The van der Waals surface area contributed by atoms with Gasteiger partial charge in [-0.15, -0.1) is 24.8 Å². The van der Waals surface area contributed by atoms with E-state index in [1.807, 2.05) is 24.3 Å². The Balaban J connectivity index is 0.000000183. The molecule has 0 saturated carbocycles. The fraction of sp³-hybridized carbons (Fsp3) is 0.343. The fourth-order valence-electron chi connectivity index (χ4n) is 17.3. The molecule has 2 aromatic heterocycles. The molecule has 3 atom stereocenters. The van der Waals surface area contributed by atoms with Gasteiger partial charge in [0, 0.05) is 71.6 Å². The molecular weight excluding hydrogens is 1980 g/mol. The van der Waals surface area contributed by atoms with E-state index in [2.05, 4.69) is 77.4 Å². The Morgan fingerprint density at radius 2 is 0.757 bits per heavy atom. The van der Waals surface area contributed by atoms with E-state index in [9.17, 15) is 101 Å². The first-order valence-electron chi connectivity index (χ1n) is 45.3. The van der Waals surface area contributed by atoms with Crippen LogP contribution in [-0.4, -0.2) is 222 Å². The second-order valence-corrected chi connectivity index (χ2v) is 34.6. The van der Waals surface area contributed by atoms with Gasteiger partial charge in [-0.3, -0.25) is 93.3 Å². The number of carboxylic acids is 2. The van der Waals surface area contributed by atoms with Gasteiger partial charge >= 0.3 is 59.7 Å². The zero-order chi connectivity index (χ0) is 103. The van der Waals surface area contributed by atoms with Crippen LogP contribution in [0.5, 0.6) is 0 Å². The maximum atomic E-state index is 12.7. The average Bonchev–Trinajstić information content (AvgIpc) is 1.61. The van der Waals surface area contributed by atoms with E-state index in [1.54, 1.807) is 73.3 Å². The van der Waals surface area contributed by atoms with Crippen molar-refractivity contribution in [2.75, 3.05) is 49.2 Å². The Bertz CT molecular complexity index is 6110. The van der Waals surface area contributed by atoms with Crippen molar-refractivity contribution in [3.05, 3.63) is 254 Å². The van der Waals surface area contributed by atoms with Crippen LogP contribution in [0.3, 0.4) is 0 Å². The standard InChI is InChI=1S/C17H16N2O4.C16H15N3O4.C14H16O4.C13H11NO4.C12H12O4.C12H10O3.C7H10O4.C6H4BrNO.C5H8N2O2.2ClH/c20-14-6-5-13(15(21)18-14)19-16(22)11-7-9-3-1-2-4-10(9)8-12(11)17(19)23;20-13-2-1-12(14(21)18-13)19-15(22)10-5-8-3-4-17-7-9(8)6-11(10)16(19)23;1-17-13(15)11-7-9-5-3-4-6-10(9)8-12(11)14(16)18-2;1-17-12(15)10-5-8-3-4-14-7-9(8)6-11(10)13(16)18-2;13-11(14)9-5-7-3-1-2-4-8(7)6-10(9)12(15)16;13-11-9-5-7-3-1-2-4-8(7)6-10(9)12(14)15-11;1-5(7(9)11-3)4-6(8)10-2;7-6-3-8-2-1-5(6)4-9;6-3-1-2-4(8)7-5(3)9;;/h7-8,13H,1-6H2,(H,18,20,21);5-6,12,17H,1-4,7H2,(H,18,20,21);7-8H,3-6H2,1-2H3;3-7H,1-2H3;5-6H,1-4H2,(H,13,14)(H,15,16);5-6H,1-4H2;1,4H2,2-3H3;1-4H;3H,1-2,6H2,(H,7,8,9);2*1H. The number of fused-ring (bicyclic) bond motifs is 9. The van der Waals surface area contributed by atoms with Crippen LogP contribution in [0, 0.1) is 0 Å². The van der Waals surface area contributed by atoms with E-state index >= 15 is 0 Å². The average molecular weight is 2090 g/mol. The predicted octanol–water partition coefficient (Wildman–Crippen LogP) is 10.0. The van der Waals surface area contributed by atoms with Crippen LogP contribution >= 0.6 is 40.7 Å². The highest BCUT2D eigenvalue weighted by Crippen LogP contribution is 2.37. The Hall–Kier alpha value is -15.1.